The van der Waals surface area contributed by atoms with Crippen molar-refractivity contribution >= 4 is 22.6 Å². The van der Waals surface area contributed by atoms with E-state index >= 15 is 0 Å². The summed E-state index contributed by atoms with van der Waals surface area (Å²) in [5.74, 6) is -0.279. The summed E-state index contributed by atoms with van der Waals surface area (Å²) in [4.78, 5) is 0. The first-order chi connectivity index (χ1) is 6.86. The van der Waals surface area contributed by atoms with Crippen molar-refractivity contribution in [3.63, 3.8) is 0 Å². The average molecular weight is 330 g/mol. The molecule has 0 aromatic heterocycles. The second-order valence-electron chi connectivity index (χ2n) is 3.32. The van der Waals surface area contributed by atoms with E-state index in [1.54, 1.807) is 6.92 Å². The highest BCUT2D eigenvalue weighted by atomic mass is 127. The Hall–Kier alpha value is -0.300. The van der Waals surface area contributed by atoms with Gasteiger partial charge in [0.25, 0.3) is 0 Å². The molecule has 0 bridgehead atoms. The fourth-order valence-electron chi connectivity index (χ4n) is 1.20. The van der Waals surface area contributed by atoms with Crippen molar-refractivity contribution in [1.82, 2.24) is 0 Å². The summed E-state index contributed by atoms with van der Waals surface area (Å²) in [6, 6.07) is 3.57. The monoisotopic (exact) mass is 330 g/mol. The van der Waals surface area contributed by atoms with Crippen LogP contribution in [-0.4, -0.2) is 11.7 Å². The van der Waals surface area contributed by atoms with Crippen molar-refractivity contribution in [3.8, 4) is 0 Å². The molecule has 0 fully saturated rings. The highest BCUT2D eigenvalue weighted by Gasteiger charge is 2.31. The number of benzene rings is 1. The van der Waals surface area contributed by atoms with Crippen LogP contribution in [0.3, 0.4) is 0 Å². The quantitative estimate of drug-likeness (QED) is 0.824. The van der Waals surface area contributed by atoms with Gasteiger partial charge in [0.1, 0.15) is 0 Å². The van der Waals surface area contributed by atoms with Crippen molar-refractivity contribution < 1.29 is 18.3 Å². The molecule has 15 heavy (non-hydrogen) atoms. The minimum absolute atomic E-state index is 0.155. The molecule has 0 aliphatic heterocycles. The van der Waals surface area contributed by atoms with Gasteiger partial charge in [-0.05, 0) is 46.4 Å². The molecule has 5 heteroatoms. The Morgan fingerprint density at radius 2 is 2.00 bits per heavy atom. The largest absolute Gasteiger partial charge is 0.416 e. The van der Waals surface area contributed by atoms with Gasteiger partial charge in [0, 0.05) is 16.1 Å². The number of rotatable bonds is 2. The van der Waals surface area contributed by atoms with Crippen molar-refractivity contribution in [3.05, 3.63) is 32.9 Å². The summed E-state index contributed by atoms with van der Waals surface area (Å²) >= 11 is 1.97. The standard InChI is InChI=1S/C10H10F3IO/c1-6(5-15)8-4-7(10(11,12)13)2-3-9(8)14/h2-4,6,15H,5H2,1H3. The molecule has 0 saturated carbocycles. The molecule has 0 aliphatic carbocycles. The first-order valence-corrected chi connectivity index (χ1v) is 5.41. The summed E-state index contributed by atoms with van der Waals surface area (Å²) in [6.07, 6.45) is -4.33. The van der Waals surface area contributed by atoms with Gasteiger partial charge < -0.3 is 5.11 Å². The lowest BCUT2D eigenvalue weighted by molar-refractivity contribution is -0.137. The lowest BCUT2D eigenvalue weighted by Crippen LogP contribution is -2.08. The third-order valence-electron chi connectivity index (χ3n) is 2.13. The molecule has 1 N–H and O–H groups in total. The van der Waals surface area contributed by atoms with Crippen LogP contribution in [0.25, 0.3) is 0 Å². The van der Waals surface area contributed by atoms with E-state index in [0.29, 0.717) is 5.56 Å². The fourth-order valence-corrected chi connectivity index (χ4v) is 2.06. The second-order valence-corrected chi connectivity index (χ2v) is 4.48. The second kappa shape index (κ2) is 4.69. The molecule has 1 unspecified atom stereocenters. The van der Waals surface area contributed by atoms with Crippen LogP contribution in [0.15, 0.2) is 18.2 Å². The predicted molar refractivity (Wildman–Crippen MR) is 59.7 cm³/mol. The van der Waals surface area contributed by atoms with Gasteiger partial charge in [-0.1, -0.05) is 6.92 Å². The van der Waals surface area contributed by atoms with Crippen LogP contribution >= 0.6 is 22.6 Å². The van der Waals surface area contributed by atoms with Crippen molar-refractivity contribution in [2.75, 3.05) is 6.61 Å². The molecule has 1 nitrogen and oxygen atoms in total. The van der Waals surface area contributed by atoms with Crippen LogP contribution in [0.5, 0.6) is 0 Å². The molecular formula is C10H10F3IO. The lowest BCUT2D eigenvalue weighted by Gasteiger charge is -2.14. The van der Waals surface area contributed by atoms with E-state index < -0.39 is 11.7 Å². The van der Waals surface area contributed by atoms with Gasteiger partial charge in [-0.3, -0.25) is 0 Å². The van der Waals surface area contributed by atoms with Gasteiger partial charge in [0.15, 0.2) is 0 Å². The fraction of sp³-hybridized carbons (Fsp3) is 0.400. The molecule has 0 amide bonds. The van der Waals surface area contributed by atoms with Gasteiger partial charge in [-0.25, -0.2) is 0 Å². The molecule has 1 atom stereocenters. The van der Waals surface area contributed by atoms with Crippen LogP contribution < -0.4 is 0 Å². The zero-order valence-electron chi connectivity index (χ0n) is 7.98. The maximum Gasteiger partial charge on any atom is 0.416 e. The van der Waals surface area contributed by atoms with E-state index in [9.17, 15) is 13.2 Å². The van der Waals surface area contributed by atoms with E-state index in [1.165, 1.54) is 6.07 Å². The van der Waals surface area contributed by atoms with E-state index in [4.69, 9.17) is 5.11 Å². The van der Waals surface area contributed by atoms with E-state index in [2.05, 4.69) is 0 Å². The average Bonchev–Trinajstić information content (AvgIpc) is 2.15. The summed E-state index contributed by atoms with van der Waals surface area (Å²) < 4.78 is 37.9. The number of halogens is 4. The smallest absolute Gasteiger partial charge is 0.396 e. The summed E-state index contributed by atoms with van der Waals surface area (Å²) in [6.45, 7) is 1.54. The molecule has 0 heterocycles. The molecule has 0 spiro atoms. The van der Waals surface area contributed by atoms with Crippen molar-refractivity contribution in [2.45, 2.75) is 19.0 Å². The minimum atomic E-state index is -4.33. The van der Waals surface area contributed by atoms with Gasteiger partial charge >= 0.3 is 6.18 Å². The number of hydrogen-bond donors (Lipinski definition) is 1. The van der Waals surface area contributed by atoms with Crippen LogP contribution in [-0.2, 0) is 6.18 Å². The highest BCUT2D eigenvalue weighted by molar-refractivity contribution is 14.1. The summed E-state index contributed by atoms with van der Waals surface area (Å²) in [5, 5.41) is 8.92. The summed E-state index contributed by atoms with van der Waals surface area (Å²) in [5.41, 5.74) is -0.133. The summed E-state index contributed by atoms with van der Waals surface area (Å²) in [7, 11) is 0. The van der Waals surface area contributed by atoms with Crippen LogP contribution in [0, 0.1) is 3.57 Å². The molecule has 0 aliphatic rings. The molecular weight excluding hydrogens is 320 g/mol. The first kappa shape index (κ1) is 12.8. The number of aliphatic hydroxyl groups is 1. The third kappa shape index (κ3) is 3.07. The maximum atomic E-state index is 12.4. The topological polar surface area (TPSA) is 20.2 Å². The minimum Gasteiger partial charge on any atom is -0.396 e. The van der Waals surface area contributed by atoms with Gasteiger partial charge in [-0.15, -0.1) is 0 Å². The number of aliphatic hydroxyl groups excluding tert-OH is 1. The molecule has 1 aromatic carbocycles. The normalized spacial score (nSPS) is 14.0. The van der Waals surface area contributed by atoms with E-state index in [1.807, 2.05) is 22.6 Å². The SMILES string of the molecule is CC(CO)c1cc(C(F)(F)F)ccc1I. The molecule has 84 valence electrons. The third-order valence-corrected chi connectivity index (χ3v) is 3.11. The Balaban J connectivity index is 3.17. The van der Waals surface area contributed by atoms with Crippen LogP contribution in [0.4, 0.5) is 13.2 Å². The van der Waals surface area contributed by atoms with E-state index in [0.717, 1.165) is 15.7 Å². The Labute approximate surface area is 99.4 Å². The Bertz CT molecular complexity index is 349. The van der Waals surface area contributed by atoms with Crippen LogP contribution in [0.1, 0.15) is 24.0 Å². The zero-order valence-corrected chi connectivity index (χ0v) is 10.1. The van der Waals surface area contributed by atoms with Gasteiger partial charge in [0.2, 0.25) is 0 Å². The number of alkyl halides is 3. The Morgan fingerprint density at radius 3 is 2.47 bits per heavy atom. The molecule has 0 radical (unpaired) electrons. The predicted octanol–water partition coefficient (Wildman–Crippen LogP) is 3.41. The Morgan fingerprint density at radius 1 is 1.40 bits per heavy atom. The zero-order chi connectivity index (χ0) is 11.6. The Kier molecular flexibility index (Phi) is 3.99. The van der Waals surface area contributed by atoms with Crippen molar-refractivity contribution in [1.29, 1.82) is 0 Å². The van der Waals surface area contributed by atoms with E-state index in [-0.39, 0.29) is 12.5 Å². The molecule has 1 rings (SSSR count). The highest BCUT2D eigenvalue weighted by Crippen LogP contribution is 2.32. The first-order valence-electron chi connectivity index (χ1n) is 4.33. The number of hydrogen-bond acceptors (Lipinski definition) is 1. The van der Waals surface area contributed by atoms with Crippen molar-refractivity contribution in [2.24, 2.45) is 0 Å². The van der Waals surface area contributed by atoms with Gasteiger partial charge in [-0.2, -0.15) is 13.2 Å². The van der Waals surface area contributed by atoms with Gasteiger partial charge in [0.05, 0.1) is 5.56 Å². The lowest BCUT2D eigenvalue weighted by atomic mass is 10.00. The van der Waals surface area contributed by atoms with Crippen LogP contribution in [0.2, 0.25) is 0 Å². The molecule has 0 saturated heterocycles. The molecule has 1 aromatic rings. The maximum absolute atomic E-state index is 12.4.